The lowest BCUT2D eigenvalue weighted by Crippen LogP contribution is -2.04. The largest absolute Gasteiger partial charge is 0.496 e. The van der Waals surface area contributed by atoms with Crippen LogP contribution in [0.15, 0.2) is 70.2 Å². The molecule has 0 fully saturated rings. The average Bonchev–Trinajstić information content (AvgIpc) is 3.14. The Kier molecular flexibility index (Phi) is 5.28. The van der Waals surface area contributed by atoms with Crippen molar-refractivity contribution < 1.29 is 14.1 Å². The highest BCUT2D eigenvalue weighted by Gasteiger charge is 2.15. The number of nitrogens with zero attached hydrogens (tertiary/aromatic N) is 2. The first-order valence-corrected chi connectivity index (χ1v) is 7.90. The molecule has 132 valence electrons. The molecule has 26 heavy (non-hydrogen) atoms. The van der Waals surface area contributed by atoms with Crippen LogP contribution in [0, 0.1) is 10.1 Å². The molecule has 3 aromatic rings. The Morgan fingerprint density at radius 1 is 1.19 bits per heavy atom. The van der Waals surface area contributed by atoms with Gasteiger partial charge < -0.3 is 14.6 Å². The number of methoxy groups -OCH3 is 1. The molecule has 0 radical (unpaired) electrons. The van der Waals surface area contributed by atoms with E-state index in [9.17, 15) is 10.1 Å². The minimum absolute atomic E-state index is 0.0306. The van der Waals surface area contributed by atoms with Crippen molar-refractivity contribution in [3.8, 4) is 17.1 Å². The first-order chi connectivity index (χ1) is 12.7. The van der Waals surface area contributed by atoms with Crippen molar-refractivity contribution >= 4 is 11.9 Å². The summed E-state index contributed by atoms with van der Waals surface area (Å²) in [5.74, 6) is 1.49. The van der Waals surface area contributed by atoms with Gasteiger partial charge in [-0.2, -0.15) is 5.10 Å². The van der Waals surface area contributed by atoms with Crippen molar-refractivity contribution in [1.82, 2.24) is 5.43 Å². The molecular formula is C19H17N3O4. The molecule has 0 atom stereocenters. The molecule has 7 heteroatoms. The van der Waals surface area contributed by atoms with E-state index in [-0.39, 0.29) is 5.69 Å². The van der Waals surface area contributed by atoms with Crippen LogP contribution in [0.3, 0.4) is 0 Å². The van der Waals surface area contributed by atoms with E-state index in [1.807, 2.05) is 30.3 Å². The van der Waals surface area contributed by atoms with Gasteiger partial charge in [-0.3, -0.25) is 10.1 Å². The molecule has 0 aliphatic rings. The van der Waals surface area contributed by atoms with E-state index >= 15 is 0 Å². The molecule has 0 saturated carbocycles. The predicted octanol–water partition coefficient (Wildman–Crippen LogP) is 3.99. The number of hydrogen-bond acceptors (Lipinski definition) is 6. The van der Waals surface area contributed by atoms with Crippen LogP contribution in [-0.4, -0.2) is 18.2 Å². The third-order valence-corrected chi connectivity index (χ3v) is 3.70. The average molecular weight is 351 g/mol. The van der Waals surface area contributed by atoms with E-state index in [0.717, 1.165) is 5.56 Å². The maximum atomic E-state index is 11.0. The normalized spacial score (nSPS) is 10.8. The predicted molar refractivity (Wildman–Crippen MR) is 98.2 cm³/mol. The minimum atomic E-state index is -0.457. The number of nitrogens with one attached hydrogen (secondary N) is 1. The first kappa shape index (κ1) is 17.2. The third kappa shape index (κ3) is 4.07. The van der Waals surface area contributed by atoms with Crippen molar-refractivity contribution in [2.24, 2.45) is 5.10 Å². The second kappa shape index (κ2) is 7.98. The lowest BCUT2D eigenvalue weighted by molar-refractivity contribution is -0.384. The first-order valence-electron chi connectivity index (χ1n) is 7.90. The lowest BCUT2D eigenvalue weighted by atomic mass is 10.1. The van der Waals surface area contributed by atoms with Crippen molar-refractivity contribution in [1.29, 1.82) is 0 Å². The number of non-ortho nitro benzene ring substituents is 1. The van der Waals surface area contributed by atoms with E-state index < -0.39 is 4.92 Å². The zero-order valence-corrected chi connectivity index (χ0v) is 14.1. The molecule has 0 saturated heterocycles. The number of rotatable bonds is 7. The van der Waals surface area contributed by atoms with Gasteiger partial charge in [-0.05, 0) is 23.8 Å². The topological polar surface area (TPSA) is 89.9 Å². The van der Waals surface area contributed by atoms with Gasteiger partial charge in [0.05, 0.1) is 30.4 Å². The fourth-order valence-corrected chi connectivity index (χ4v) is 2.41. The second-order valence-corrected chi connectivity index (χ2v) is 5.42. The Hall–Kier alpha value is -3.61. The minimum Gasteiger partial charge on any atom is -0.496 e. The van der Waals surface area contributed by atoms with Gasteiger partial charge in [0.2, 0.25) is 0 Å². The highest BCUT2D eigenvalue weighted by atomic mass is 16.6. The van der Waals surface area contributed by atoms with E-state index in [1.54, 1.807) is 24.4 Å². The van der Waals surface area contributed by atoms with E-state index in [0.29, 0.717) is 29.4 Å². The Balaban J connectivity index is 1.72. The molecule has 3 rings (SSSR count). The highest BCUT2D eigenvalue weighted by Crippen LogP contribution is 2.34. The molecule has 0 unspecified atom stereocenters. The smallest absolute Gasteiger partial charge is 0.270 e. The van der Waals surface area contributed by atoms with Crippen LogP contribution < -0.4 is 10.2 Å². The monoisotopic (exact) mass is 351 g/mol. The molecule has 7 nitrogen and oxygen atoms in total. The molecular weight excluding hydrogens is 334 g/mol. The van der Waals surface area contributed by atoms with Gasteiger partial charge in [-0.1, -0.05) is 30.3 Å². The summed E-state index contributed by atoms with van der Waals surface area (Å²) < 4.78 is 11.0. The summed E-state index contributed by atoms with van der Waals surface area (Å²) in [5, 5.41) is 15.1. The van der Waals surface area contributed by atoms with Crippen molar-refractivity contribution in [2.45, 2.75) is 6.54 Å². The third-order valence-electron chi connectivity index (χ3n) is 3.70. The molecule has 0 amide bonds. The number of benzene rings is 2. The maximum absolute atomic E-state index is 11.0. The summed E-state index contributed by atoms with van der Waals surface area (Å²) in [6.07, 6.45) is 1.55. The number of hydrogen-bond donors (Lipinski definition) is 1. The zero-order valence-electron chi connectivity index (χ0n) is 14.1. The van der Waals surface area contributed by atoms with Crippen LogP contribution in [0.2, 0.25) is 0 Å². The van der Waals surface area contributed by atoms with Crippen LogP contribution in [0.1, 0.15) is 11.3 Å². The lowest BCUT2D eigenvalue weighted by Gasteiger charge is -2.05. The Bertz CT molecular complexity index is 920. The molecule has 2 aromatic carbocycles. The van der Waals surface area contributed by atoms with Crippen molar-refractivity contribution in [3.63, 3.8) is 0 Å². The maximum Gasteiger partial charge on any atom is 0.270 e. The van der Waals surface area contributed by atoms with Crippen LogP contribution in [0.4, 0.5) is 5.69 Å². The second-order valence-electron chi connectivity index (χ2n) is 5.42. The Labute approximate surface area is 150 Å². The van der Waals surface area contributed by atoms with Gasteiger partial charge >= 0.3 is 0 Å². The van der Waals surface area contributed by atoms with Crippen LogP contribution in [-0.2, 0) is 6.54 Å². The van der Waals surface area contributed by atoms with Gasteiger partial charge in [0, 0.05) is 12.1 Å². The summed E-state index contributed by atoms with van der Waals surface area (Å²) in [4.78, 5) is 10.5. The number of nitro groups is 1. The molecule has 1 heterocycles. The summed E-state index contributed by atoms with van der Waals surface area (Å²) in [6, 6.07) is 17.7. The zero-order chi connectivity index (χ0) is 18.4. The molecule has 0 aliphatic heterocycles. The van der Waals surface area contributed by atoms with Gasteiger partial charge in [0.15, 0.2) is 0 Å². The van der Waals surface area contributed by atoms with Crippen LogP contribution >= 0.6 is 0 Å². The number of furan rings is 1. The quantitative estimate of drug-likeness (QED) is 0.395. The summed E-state index contributed by atoms with van der Waals surface area (Å²) >= 11 is 0. The number of hydrazone groups is 1. The molecule has 1 N–H and O–H groups in total. The van der Waals surface area contributed by atoms with Crippen molar-refractivity contribution in [2.75, 3.05) is 7.11 Å². The number of nitro benzene ring substituents is 1. The fraction of sp³-hybridized carbons (Fsp3) is 0.105. The van der Waals surface area contributed by atoms with Gasteiger partial charge in [0.1, 0.15) is 17.3 Å². The summed E-state index contributed by atoms with van der Waals surface area (Å²) in [5.41, 5.74) is 4.54. The molecule has 0 bridgehead atoms. The standard InChI is InChI=1S/C19H17N3O4/c1-25-18-9-7-15(22(23)24)11-17(18)19-10-8-16(26-19)13-21-20-12-14-5-3-2-4-6-14/h2-11,13,20H,12H2,1H3. The van der Waals surface area contributed by atoms with Crippen molar-refractivity contribution in [3.05, 3.63) is 82.1 Å². The Morgan fingerprint density at radius 3 is 2.73 bits per heavy atom. The van der Waals surface area contributed by atoms with Gasteiger partial charge in [-0.15, -0.1) is 0 Å². The SMILES string of the molecule is COc1ccc([N+](=O)[O-])cc1-c1ccc(C=NNCc2ccccc2)o1. The Morgan fingerprint density at radius 2 is 2.00 bits per heavy atom. The summed E-state index contributed by atoms with van der Waals surface area (Å²) in [7, 11) is 1.50. The van der Waals surface area contributed by atoms with Crippen LogP contribution in [0.5, 0.6) is 5.75 Å². The van der Waals surface area contributed by atoms with Gasteiger partial charge in [-0.25, -0.2) is 0 Å². The van der Waals surface area contributed by atoms with E-state index in [1.165, 1.54) is 19.2 Å². The van der Waals surface area contributed by atoms with Gasteiger partial charge in [0.25, 0.3) is 5.69 Å². The fourth-order valence-electron chi connectivity index (χ4n) is 2.41. The summed E-state index contributed by atoms with van der Waals surface area (Å²) in [6.45, 7) is 0.601. The molecule has 0 spiro atoms. The van der Waals surface area contributed by atoms with Crippen LogP contribution in [0.25, 0.3) is 11.3 Å². The number of ether oxygens (including phenoxy) is 1. The molecule has 0 aliphatic carbocycles. The van der Waals surface area contributed by atoms with E-state index in [4.69, 9.17) is 9.15 Å². The highest BCUT2D eigenvalue weighted by molar-refractivity contribution is 5.78. The van der Waals surface area contributed by atoms with E-state index in [2.05, 4.69) is 10.5 Å². The molecule has 1 aromatic heterocycles.